The zero-order valence-corrected chi connectivity index (χ0v) is 13.1. The van der Waals surface area contributed by atoms with Crippen molar-refractivity contribution in [2.24, 2.45) is 0 Å². The van der Waals surface area contributed by atoms with Gasteiger partial charge in [0.05, 0.1) is 7.11 Å². The molecule has 0 spiro atoms. The fourth-order valence-electron chi connectivity index (χ4n) is 4.27. The van der Waals surface area contributed by atoms with Crippen molar-refractivity contribution in [2.45, 2.75) is 58.3 Å². The van der Waals surface area contributed by atoms with Crippen molar-refractivity contribution in [3.63, 3.8) is 0 Å². The number of hydrogen-bond donors (Lipinski definition) is 1. The Morgan fingerprint density at radius 1 is 0.950 bits per heavy atom. The lowest BCUT2D eigenvalue weighted by molar-refractivity contribution is 0.386. The molecular formula is C18H27NO. The van der Waals surface area contributed by atoms with E-state index in [0.717, 1.165) is 13.1 Å². The Balaban J connectivity index is 2.14. The standard InChI is InChI=1S/C18H27NO/c1-12-15-6-4-5-7-16(15)13(2)18(20-3)17(12)14-8-10-19-11-9-14/h14,19H,4-11H2,1-3H3. The van der Waals surface area contributed by atoms with Crippen molar-refractivity contribution in [1.29, 1.82) is 0 Å². The van der Waals surface area contributed by atoms with E-state index >= 15 is 0 Å². The zero-order chi connectivity index (χ0) is 14.1. The SMILES string of the molecule is COc1c(C)c2c(c(C)c1C1CCNCC1)CCCC2. The minimum atomic E-state index is 0.678. The fraction of sp³-hybridized carbons (Fsp3) is 0.667. The second kappa shape index (κ2) is 5.77. The number of rotatable bonds is 2. The Bertz CT molecular complexity index is 501. The lowest BCUT2D eigenvalue weighted by Crippen LogP contribution is -2.27. The topological polar surface area (TPSA) is 21.3 Å². The first-order valence-corrected chi connectivity index (χ1v) is 8.13. The second-order valence-electron chi connectivity index (χ2n) is 6.39. The van der Waals surface area contributed by atoms with Crippen LogP contribution in [0, 0.1) is 13.8 Å². The molecule has 0 amide bonds. The molecule has 0 atom stereocenters. The van der Waals surface area contributed by atoms with Gasteiger partial charge in [0.1, 0.15) is 5.75 Å². The summed E-state index contributed by atoms with van der Waals surface area (Å²) in [6.45, 7) is 6.89. The third-order valence-corrected chi connectivity index (χ3v) is 5.31. The molecule has 110 valence electrons. The molecule has 1 N–H and O–H groups in total. The molecular weight excluding hydrogens is 246 g/mol. The van der Waals surface area contributed by atoms with E-state index in [9.17, 15) is 0 Å². The Morgan fingerprint density at radius 2 is 1.55 bits per heavy atom. The van der Waals surface area contributed by atoms with Gasteiger partial charge in [-0.05, 0) is 93.6 Å². The van der Waals surface area contributed by atoms with Crippen LogP contribution in [0.15, 0.2) is 0 Å². The summed E-state index contributed by atoms with van der Waals surface area (Å²) in [7, 11) is 1.85. The van der Waals surface area contributed by atoms with Crippen LogP contribution in [0.2, 0.25) is 0 Å². The Hall–Kier alpha value is -1.02. The van der Waals surface area contributed by atoms with E-state index in [1.807, 2.05) is 7.11 Å². The number of nitrogens with one attached hydrogen (secondary N) is 1. The highest BCUT2D eigenvalue weighted by atomic mass is 16.5. The van der Waals surface area contributed by atoms with Gasteiger partial charge in [0.2, 0.25) is 0 Å². The summed E-state index contributed by atoms with van der Waals surface area (Å²) in [5, 5.41) is 3.48. The molecule has 3 rings (SSSR count). The lowest BCUT2D eigenvalue weighted by atomic mass is 9.78. The third-order valence-electron chi connectivity index (χ3n) is 5.31. The van der Waals surface area contributed by atoms with Gasteiger partial charge >= 0.3 is 0 Å². The largest absolute Gasteiger partial charge is 0.496 e. The summed E-state index contributed by atoms with van der Waals surface area (Å²) in [6.07, 6.45) is 7.69. The van der Waals surface area contributed by atoms with Crippen LogP contribution in [0.4, 0.5) is 0 Å². The molecule has 20 heavy (non-hydrogen) atoms. The first-order chi connectivity index (χ1) is 9.74. The highest BCUT2D eigenvalue weighted by Crippen LogP contribution is 2.43. The van der Waals surface area contributed by atoms with Crippen molar-refractivity contribution in [2.75, 3.05) is 20.2 Å². The van der Waals surface area contributed by atoms with E-state index in [1.54, 1.807) is 11.1 Å². The van der Waals surface area contributed by atoms with Gasteiger partial charge in [-0.1, -0.05) is 0 Å². The normalized spacial score (nSPS) is 19.8. The molecule has 1 heterocycles. The van der Waals surface area contributed by atoms with Crippen LogP contribution in [0.3, 0.4) is 0 Å². The summed E-state index contributed by atoms with van der Waals surface area (Å²) in [6, 6.07) is 0. The van der Waals surface area contributed by atoms with Crippen LogP contribution in [-0.2, 0) is 12.8 Å². The van der Waals surface area contributed by atoms with E-state index < -0.39 is 0 Å². The Labute approximate surface area is 122 Å². The molecule has 1 aromatic rings. The van der Waals surface area contributed by atoms with Gasteiger partial charge in [-0.25, -0.2) is 0 Å². The van der Waals surface area contributed by atoms with Crippen LogP contribution in [0.1, 0.15) is 59.4 Å². The average Bonchev–Trinajstić information content (AvgIpc) is 2.51. The maximum atomic E-state index is 5.86. The summed E-state index contributed by atoms with van der Waals surface area (Å²) >= 11 is 0. The van der Waals surface area contributed by atoms with Crippen LogP contribution in [0.25, 0.3) is 0 Å². The maximum Gasteiger partial charge on any atom is 0.125 e. The first-order valence-electron chi connectivity index (χ1n) is 8.13. The van der Waals surface area contributed by atoms with Crippen molar-refractivity contribution in [3.05, 3.63) is 27.8 Å². The molecule has 0 radical (unpaired) electrons. The minimum Gasteiger partial charge on any atom is -0.496 e. The highest BCUT2D eigenvalue weighted by Gasteiger charge is 2.27. The summed E-state index contributed by atoms with van der Waals surface area (Å²) in [5.74, 6) is 1.87. The third kappa shape index (κ3) is 2.24. The van der Waals surface area contributed by atoms with Crippen molar-refractivity contribution >= 4 is 0 Å². The van der Waals surface area contributed by atoms with E-state index in [0.29, 0.717) is 5.92 Å². The van der Waals surface area contributed by atoms with Gasteiger partial charge in [0.15, 0.2) is 0 Å². The molecule has 0 unspecified atom stereocenters. The van der Waals surface area contributed by atoms with Crippen LogP contribution in [0.5, 0.6) is 5.75 Å². The highest BCUT2D eigenvalue weighted by molar-refractivity contribution is 5.57. The number of methoxy groups -OCH3 is 1. The van der Waals surface area contributed by atoms with Crippen LogP contribution in [-0.4, -0.2) is 20.2 Å². The molecule has 1 aliphatic carbocycles. The summed E-state index contributed by atoms with van der Waals surface area (Å²) in [4.78, 5) is 0. The predicted molar refractivity (Wildman–Crippen MR) is 84.0 cm³/mol. The zero-order valence-electron chi connectivity index (χ0n) is 13.1. The molecule has 0 saturated carbocycles. The van der Waals surface area contributed by atoms with E-state index in [1.165, 1.54) is 61.0 Å². The van der Waals surface area contributed by atoms with Crippen LogP contribution >= 0.6 is 0 Å². The molecule has 2 aliphatic rings. The molecule has 1 aliphatic heterocycles. The van der Waals surface area contributed by atoms with Crippen molar-refractivity contribution < 1.29 is 4.74 Å². The van der Waals surface area contributed by atoms with Crippen LogP contribution < -0.4 is 10.1 Å². The Kier molecular flexibility index (Phi) is 4.02. The van der Waals surface area contributed by atoms with Gasteiger partial charge in [-0.3, -0.25) is 0 Å². The number of fused-ring (bicyclic) bond motifs is 1. The van der Waals surface area contributed by atoms with Gasteiger partial charge in [0.25, 0.3) is 0 Å². The first kappa shape index (κ1) is 13.9. The summed E-state index contributed by atoms with van der Waals surface area (Å²) < 4.78 is 5.86. The van der Waals surface area contributed by atoms with Gasteiger partial charge < -0.3 is 10.1 Å². The monoisotopic (exact) mass is 273 g/mol. The van der Waals surface area contributed by atoms with E-state index in [-0.39, 0.29) is 0 Å². The molecule has 2 heteroatoms. The molecule has 1 saturated heterocycles. The van der Waals surface area contributed by atoms with Crippen molar-refractivity contribution in [3.8, 4) is 5.75 Å². The number of benzene rings is 1. The van der Waals surface area contributed by atoms with Gasteiger partial charge in [0, 0.05) is 5.56 Å². The smallest absolute Gasteiger partial charge is 0.125 e. The lowest BCUT2D eigenvalue weighted by Gasteiger charge is -2.31. The van der Waals surface area contributed by atoms with E-state index in [2.05, 4.69) is 19.2 Å². The maximum absolute atomic E-state index is 5.86. The number of hydrogen-bond acceptors (Lipinski definition) is 2. The van der Waals surface area contributed by atoms with E-state index in [4.69, 9.17) is 4.74 Å². The fourth-order valence-corrected chi connectivity index (χ4v) is 4.27. The second-order valence-corrected chi connectivity index (χ2v) is 6.39. The predicted octanol–water partition coefficient (Wildman–Crippen LogP) is 3.66. The average molecular weight is 273 g/mol. The molecule has 1 aromatic carbocycles. The Morgan fingerprint density at radius 3 is 2.15 bits per heavy atom. The van der Waals surface area contributed by atoms with Gasteiger partial charge in [-0.2, -0.15) is 0 Å². The molecule has 0 aromatic heterocycles. The molecule has 2 nitrogen and oxygen atoms in total. The number of piperidine rings is 1. The van der Waals surface area contributed by atoms with Crippen molar-refractivity contribution in [1.82, 2.24) is 5.32 Å². The summed E-state index contributed by atoms with van der Waals surface area (Å²) in [5.41, 5.74) is 7.70. The molecule has 0 bridgehead atoms. The molecule has 1 fully saturated rings. The number of ether oxygens (including phenoxy) is 1. The minimum absolute atomic E-state index is 0.678. The quantitative estimate of drug-likeness (QED) is 0.888. The van der Waals surface area contributed by atoms with Gasteiger partial charge in [-0.15, -0.1) is 0 Å².